The number of likely N-dealkylation sites (N-methyl/N-ethyl adjacent to an activating group) is 1. The number of fused-ring (bicyclic) bond motifs is 3. The first-order valence-electron chi connectivity index (χ1n) is 10.4. The number of nitrogens with zero attached hydrogens (tertiary/aromatic N) is 2. The molecule has 0 saturated heterocycles. The first kappa shape index (κ1) is 21.4. The highest BCUT2D eigenvalue weighted by atomic mass is 35.5. The number of nitrogens with two attached hydrogens (primary N) is 1. The maximum Gasteiger partial charge on any atom is 0.147 e. The van der Waals surface area contributed by atoms with Gasteiger partial charge in [-0.15, -0.1) is 0 Å². The molecule has 1 atom stereocenters. The number of rotatable bonds is 6. The summed E-state index contributed by atoms with van der Waals surface area (Å²) in [6.45, 7) is 2.84. The van der Waals surface area contributed by atoms with E-state index >= 15 is 0 Å². The fraction of sp³-hybridized carbons (Fsp3) is 0.375. The molecule has 0 saturated carbocycles. The number of hydrogen-bond acceptors (Lipinski definition) is 3. The first-order chi connectivity index (χ1) is 14.5. The van der Waals surface area contributed by atoms with Crippen molar-refractivity contribution in [2.45, 2.75) is 31.7 Å². The molecule has 0 bridgehead atoms. The van der Waals surface area contributed by atoms with Crippen molar-refractivity contribution in [1.82, 2.24) is 9.47 Å². The number of benzene rings is 2. The summed E-state index contributed by atoms with van der Waals surface area (Å²) in [5.41, 5.74) is 10.7. The first-order valence-corrected chi connectivity index (χ1v) is 11.2. The second kappa shape index (κ2) is 9.11. The number of aromatic nitrogens is 1. The Kier molecular flexibility index (Phi) is 6.49. The number of hydrogen-bond donors (Lipinski definition) is 1. The van der Waals surface area contributed by atoms with Gasteiger partial charge in [-0.25, -0.2) is 0 Å². The van der Waals surface area contributed by atoms with Crippen LogP contribution in [0.3, 0.4) is 0 Å². The van der Waals surface area contributed by atoms with Crippen LogP contribution in [0.15, 0.2) is 42.5 Å². The third-order valence-corrected chi connectivity index (χ3v) is 6.66. The molecule has 0 aliphatic carbocycles. The van der Waals surface area contributed by atoms with Crippen molar-refractivity contribution in [3.63, 3.8) is 0 Å². The van der Waals surface area contributed by atoms with Gasteiger partial charge in [-0.1, -0.05) is 35.3 Å². The Morgan fingerprint density at radius 1 is 1.07 bits per heavy atom. The van der Waals surface area contributed by atoms with Crippen molar-refractivity contribution in [1.29, 1.82) is 0 Å². The molecule has 1 aliphatic heterocycles. The third-order valence-electron chi connectivity index (χ3n) is 6.17. The van der Waals surface area contributed by atoms with E-state index in [1.165, 1.54) is 22.2 Å². The highest BCUT2D eigenvalue weighted by molar-refractivity contribution is 6.31. The van der Waals surface area contributed by atoms with Crippen molar-refractivity contribution in [3.8, 4) is 0 Å². The van der Waals surface area contributed by atoms with Crippen molar-refractivity contribution in [2.24, 2.45) is 5.73 Å². The molecule has 0 radical (unpaired) electrons. The lowest BCUT2D eigenvalue weighted by Gasteiger charge is -2.21. The van der Waals surface area contributed by atoms with Crippen LogP contribution in [0.5, 0.6) is 0 Å². The maximum absolute atomic E-state index is 12.3. The lowest BCUT2D eigenvalue weighted by atomic mass is 9.93. The summed E-state index contributed by atoms with van der Waals surface area (Å²) in [6, 6.07) is 14.0. The molecule has 158 valence electrons. The van der Waals surface area contributed by atoms with Crippen LogP contribution in [0.2, 0.25) is 10.0 Å². The van der Waals surface area contributed by atoms with E-state index < -0.39 is 0 Å². The minimum absolute atomic E-state index is 0.0367. The van der Waals surface area contributed by atoms with Crippen LogP contribution in [0.1, 0.15) is 29.2 Å². The van der Waals surface area contributed by atoms with Gasteiger partial charge >= 0.3 is 0 Å². The molecule has 0 amide bonds. The number of carbonyl (C=O) groups excluding carboxylic acids is 1. The summed E-state index contributed by atoms with van der Waals surface area (Å²) in [6.07, 6.45) is 2.40. The molecule has 0 spiro atoms. The monoisotopic (exact) mass is 443 g/mol. The number of Topliss-reactive ketones (excluding diaryl/α,β-unsaturated/α-hetero) is 1. The topological polar surface area (TPSA) is 51.3 Å². The van der Waals surface area contributed by atoms with Gasteiger partial charge in [-0.2, -0.15) is 0 Å². The number of halogens is 2. The minimum atomic E-state index is 0.0367. The van der Waals surface area contributed by atoms with E-state index in [-0.39, 0.29) is 18.2 Å². The number of carbonyl (C=O) groups is 1. The van der Waals surface area contributed by atoms with E-state index in [9.17, 15) is 4.79 Å². The number of ketones is 1. The van der Waals surface area contributed by atoms with Gasteiger partial charge in [-0.3, -0.25) is 4.79 Å². The molecule has 6 heteroatoms. The van der Waals surface area contributed by atoms with E-state index in [0.29, 0.717) is 11.4 Å². The third kappa shape index (κ3) is 4.42. The van der Waals surface area contributed by atoms with Gasteiger partial charge in [0, 0.05) is 65.0 Å². The SMILES string of the molecule is CN1CCc2c(n(CC(CC(=O)CN)c3ccc(Cl)cc3)c3ccc(Cl)cc23)CC1. The van der Waals surface area contributed by atoms with Crippen LogP contribution in [-0.4, -0.2) is 41.9 Å². The molecular weight excluding hydrogens is 417 g/mol. The summed E-state index contributed by atoms with van der Waals surface area (Å²) < 4.78 is 2.41. The van der Waals surface area contributed by atoms with Crippen LogP contribution in [0.4, 0.5) is 0 Å². The smallest absolute Gasteiger partial charge is 0.147 e. The van der Waals surface area contributed by atoms with Gasteiger partial charge in [0.05, 0.1) is 6.54 Å². The summed E-state index contributed by atoms with van der Waals surface area (Å²) >= 11 is 12.5. The van der Waals surface area contributed by atoms with E-state index in [0.717, 1.165) is 43.1 Å². The predicted molar refractivity (Wildman–Crippen MR) is 125 cm³/mol. The van der Waals surface area contributed by atoms with Gasteiger partial charge in [0.25, 0.3) is 0 Å². The highest BCUT2D eigenvalue weighted by Crippen LogP contribution is 2.34. The zero-order valence-corrected chi connectivity index (χ0v) is 18.7. The van der Waals surface area contributed by atoms with Crippen molar-refractivity contribution >= 4 is 39.9 Å². The zero-order valence-electron chi connectivity index (χ0n) is 17.2. The molecule has 1 unspecified atom stereocenters. The van der Waals surface area contributed by atoms with Gasteiger partial charge in [0.15, 0.2) is 0 Å². The molecule has 1 aliphatic rings. The molecule has 0 fully saturated rings. The van der Waals surface area contributed by atoms with Gasteiger partial charge in [-0.05, 0) is 54.9 Å². The maximum atomic E-state index is 12.3. The van der Waals surface area contributed by atoms with E-state index in [2.05, 4.69) is 28.6 Å². The Hall–Kier alpha value is -1.85. The normalized spacial score (nSPS) is 15.7. The van der Waals surface area contributed by atoms with E-state index in [4.69, 9.17) is 28.9 Å². The summed E-state index contributed by atoms with van der Waals surface area (Å²) in [5, 5.41) is 2.68. The van der Waals surface area contributed by atoms with E-state index in [1.54, 1.807) is 0 Å². The Morgan fingerprint density at radius 2 is 1.77 bits per heavy atom. The lowest BCUT2D eigenvalue weighted by Crippen LogP contribution is -2.22. The quantitative estimate of drug-likeness (QED) is 0.601. The van der Waals surface area contributed by atoms with Gasteiger partial charge in [0.2, 0.25) is 0 Å². The largest absolute Gasteiger partial charge is 0.344 e. The summed E-state index contributed by atoms with van der Waals surface area (Å²) in [5.74, 6) is 0.106. The molecule has 2 heterocycles. The van der Waals surface area contributed by atoms with Crippen molar-refractivity contribution < 1.29 is 4.79 Å². The predicted octanol–water partition coefficient (Wildman–Crippen LogP) is 4.68. The average molecular weight is 444 g/mol. The van der Waals surface area contributed by atoms with Crippen LogP contribution in [-0.2, 0) is 24.2 Å². The lowest BCUT2D eigenvalue weighted by molar-refractivity contribution is -0.118. The Balaban J connectivity index is 1.80. The Bertz CT molecular complexity index is 1060. The van der Waals surface area contributed by atoms with Gasteiger partial charge in [0.1, 0.15) is 5.78 Å². The second-order valence-corrected chi connectivity index (χ2v) is 9.07. The molecule has 4 nitrogen and oxygen atoms in total. The fourth-order valence-electron chi connectivity index (χ4n) is 4.53. The average Bonchev–Trinajstić information content (AvgIpc) is 2.87. The molecule has 4 rings (SSSR count). The van der Waals surface area contributed by atoms with Crippen LogP contribution < -0.4 is 5.73 Å². The molecule has 1 aromatic heterocycles. The Labute approximate surface area is 187 Å². The van der Waals surface area contributed by atoms with Gasteiger partial charge < -0.3 is 15.2 Å². The molecular formula is C24H27Cl2N3O. The van der Waals surface area contributed by atoms with Crippen molar-refractivity contribution in [2.75, 3.05) is 26.7 Å². The molecule has 2 aromatic carbocycles. The second-order valence-electron chi connectivity index (χ2n) is 8.20. The van der Waals surface area contributed by atoms with Crippen LogP contribution in [0, 0.1) is 0 Å². The minimum Gasteiger partial charge on any atom is -0.344 e. The van der Waals surface area contributed by atoms with E-state index in [1.807, 2.05) is 30.3 Å². The summed E-state index contributed by atoms with van der Waals surface area (Å²) in [4.78, 5) is 14.7. The van der Waals surface area contributed by atoms with Crippen LogP contribution >= 0.6 is 23.2 Å². The van der Waals surface area contributed by atoms with Crippen molar-refractivity contribution in [3.05, 3.63) is 69.3 Å². The Morgan fingerprint density at radius 3 is 2.50 bits per heavy atom. The molecule has 3 aromatic rings. The van der Waals surface area contributed by atoms with Crippen LogP contribution in [0.25, 0.3) is 10.9 Å². The fourth-order valence-corrected chi connectivity index (χ4v) is 4.83. The molecule has 2 N–H and O–H groups in total. The summed E-state index contributed by atoms with van der Waals surface area (Å²) in [7, 11) is 2.17. The standard InChI is InChI=1S/C24H27Cl2N3O/c1-28-10-8-21-22-13-19(26)6-7-23(22)29(24(21)9-11-28)15-17(12-20(30)14-27)16-2-4-18(25)5-3-16/h2-7,13,17H,8-12,14-15,27H2,1H3. The molecule has 30 heavy (non-hydrogen) atoms. The highest BCUT2D eigenvalue weighted by Gasteiger charge is 2.24. The zero-order chi connectivity index (χ0) is 21.3.